The first-order valence-corrected chi connectivity index (χ1v) is 8.82. The van der Waals surface area contributed by atoms with Crippen LogP contribution >= 0.6 is 11.6 Å². The van der Waals surface area contributed by atoms with Crippen LogP contribution in [-0.4, -0.2) is 30.1 Å². The highest BCUT2D eigenvalue weighted by atomic mass is 35.5. The van der Waals surface area contributed by atoms with E-state index in [1.54, 1.807) is 0 Å². The first-order chi connectivity index (χ1) is 12.2. The molecule has 3 aromatic rings. The molecule has 4 nitrogen and oxygen atoms in total. The number of ether oxygens (including phenoxy) is 1. The van der Waals surface area contributed by atoms with Gasteiger partial charge in [0.25, 0.3) is 0 Å². The topological polar surface area (TPSA) is 54.1 Å². The fourth-order valence-corrected chi connectivity index (χ4v) is 3.74. The van der Waals surface area contributed by atoms with Crippen LogP contribution in [0.15, 0.2) is 54.7 Å². The van der Waals surface area contributed by atoms with Crippen molar-refractivity contribution in [3.63, 3.8) is 0 Å². The summed E-state index contributed by atoms with van der Waals surface area (Å²) in [4.78, 5) is 15.1. The number of fused-ring (bicyclic) bond motifs is 1. The van der Waals surface area contributed by atoms with Crippen molar-refractivity contribution < 1.29 is 9.53 Å². The molecule has 4 rings (SSSR count). The number of hydrogen-bond acceptors (Lipinski definition) is 3. The van der Waals surface area contributed by atoms with Crippen LogP contribution in [0, 0.1) is 0 Å². The number of carbonyl (C=O) groups excluding carboxylic acids is 1. The molecule has 2 N–H and O–H groups in total. The molecule has 0 aliphatic carbocycles. The van der Waals surface area contributed by atoms with Gasteiger partial charge in [-0.3, -0.25) is 4.79 Å². The van der Waals surface area contributed by atoms with Gasteiger partial charge in [0, 0.05) is 41.0 Å². The number of H-pyrrole nitrogens is 1. The number of carbonyl (C=O) groups is 1. The lowest BCUT2D eigenvalue weighted by Crippen LogP contribution is -2.36. The van der Waals surface area contributed by atoms with E-state index >= 15 is 0 Å². The average Bonchev–Trinajstić information content (AvgIpc) is 3.23. The first-order valence-electron chi connectivity index (χ1n) is 8.44. The summed E-state index contributed by atoms with van der Waals surface area (Å²) in [6.07, 6.45) is 2.75. The molecule has 0 radical (unpaired) electrons. The number of para-hydroxylation sites is 1. The summed E-state index contributed by atoms with van der Waals surface area (Å²) in [7, 11) is 0. The van der Waals surface area contributed by atoms with Crippen LogP contribution in [-0.2, 0) is 9.53 Å². The summed E-state index contributed by atoms with van der Waals surface area (Å²) < 4.78 is 5.05. The first kappa shape index (κ1) is 16.2. The van der Waals surface area contributed by atoms with Crippen LogP contribution in [0.25, 0.3) is 10.9 Å². The maximum atomic E-state index is 11.8. The van der Waals surface area contributed by atoms with E-state index in [0.717, 1.165) is 16.1 Å². The summed E-state index contributed by atoms with van der Waals surface area (Å²) in [5.74, 6) is -0.130. The number of nitrogens with one attached hydrogen (secondary N) is 2. The summed E-state index contributed by atoms with van der Waals surface area (Å²) >= 11 is 6.48. The van der Waals surface area contributed by atoms with Crippen molar-refractivity contribution in [2.24, 2.45) is 0 Å². The van der Waals surface area contributed by atoms with Crippen molar-refractivity contribution in [3.05, 3.63) is 70.9 Å². The Morgan fingerprint density at radius 2 is 1.96 bits per heavy atom. The molecular weight excluding hydrogens is 336 g/mol. The van der Waals surface area contributed by atoms with Gasteiger partial charge in [0.2, 0.25) is 0 Å². The largest absolute Gasteiger partial charge is 0.464 e. The molecule has 0 unspecified atom stereocenters. The molecule has 5 heteroatoms. The molecule has 0 bridgehead atoms. The van der Waals surface area contributed by atoms with Gasteiger partial charge in [-0.25, -0.2) is 0 Å². The van der Waals surface area contributed by atoms with Crippen LogP contribution < -0.4 is 5.32 Å². The second kappa shape index (κ2) is 6.90. The molecule has 0 spiro atoms. The van der Waals surface area contributed by atoms with Crippen LogP contribution in [0.2, 0.25) is 5.02 Å². The Hall–Kier alpha value is -2.30. The van der Waals surface area contributed by atoms with Crippen molar-refractivity contribution >= 4 is 28.5 Å². The fraction of sp³-hybridized carbons (Fsp3) is 0.250. The smallest absolute Gasteiger partial charge is 0.323 e. The molecule has 2 heterocycles. The standard InChI is InChI=1S/C20H19ClN2O2/c21-17-7-3-1-5-13(17)15(11-23-19-9-10-25-20(19)24)16-12-22-18-8-4-2-6-14(16)18/h1-8,12,15,19,22-23H,9-11H2/t15-,19+/m1/s1. The number of esters is 1. The third kappa shape index (κ3) is 3.15. The van der Waals surface area contributed by atoms with Crippen molar-refractivity contribution in [1.29, 1.82) is 0 Å². The molecule has 0 saturated carbocycles. The summed E-state index contributed by atoms with van der Waals surface area (Å²) in [6.45, 7) is 1.10. The second-order valence-electron chi connectivity index (χ2n) is 6.28. The van der Waals surface area contributed by atoms with Gasteiger partial charge in [-0.05, 0) is 23.3 Å². The van der Waals surface area contributed by atoms with E-state index in [0.29, 0.717) is 19.6 Å². The van der Waals surface area contributed by atoms with E-state index in [2.05, 4.69) is 22.4 Å². The van der Waals surface area contributed by atoms with Gasteiger partial charge in [-0.1, -0.05) is 48.0 Å². The molecule has 2 aromatic carbocycles. The van der Waals surface area contributed by atoms with Gasteiger partial charge < -0.3 is 15.0 Å². The number of hydrogen-bond donors (Lipinski definition) is 2. The minimum atomic E-state index is -0.241. The van der Waals surface area contributed by atoms with E-state index < -0.39 is 0 Å². The molecule has 128 valence electrons. The van der Waals surface area contributed by atoms with Gasteiger partial charge in [0.05, 0.1) is 6.61 Å². The minimum absolute atomic E-state index is 0.0400. The normalized spacial score (nSPS) is 18.4. The van der Waals surface area contributed by atoms with Crippen molar-refractivity contribution in [1.82, 2.24) is 10.3 Å². The number of rotatable bonds is 5. The van der Waals surface area contributed by atoms with Crippen molar-refractivity contribution in [3.8, 4) is 0 Å². The van der Waals surface area contributed by atoms with Gasteiger partial charge in [0.15, 0.2) is 0 Å². The third-order valence-electron chi connectivity index (χ3n) is 4.78. The second-order valence-corrected chi connectivity index (χ2v) is 6.69. The predicted molar refractivity (Wildman–Crippen MR) is 99.0 cm³/mol. The summed E-state index contributed by atoms with van der Waals surface area (Å²) in [5, 5.41) is 5.26. The number of cyclic esters (lactones) is 1. The maximum absolute atomic E-state index is 11.8. The average molecular weight is 355 g/mol. The van der Waals surface area contributed by atoms with Crippen LogP contribution in [0.4, 0.5) is 0 Å². The van der Waals surface area contributed by atoms with E-state index in [1.807, 2.05) is 42.6 Å². The molecular formula is C20H19ClN2O2. The molecule has 1 aliphatic rings. The summed E-state index contributed by atoms with van der Waals surface area (Å²) in [5.41, 5.74) is 3.31. The fourth-order valence-electron chi connectivity index (χ4n) is 3.47. The number of benzene rings is 2. The predicted octanol–water partition coefficient (Wildman–Crippen LogP) is 3.86. The van der Waals surface area contributed by atoms with E-state index in [-0.39, 0.29) is 17.9 Å². The molecule has 25 heavy (non-hydrogen) atoms. The quantitative estimate of drug-likeness (QED) is 0.684. The SMILES string of the molecule is O=C1OCC[C@@H]1NC[C@H](c1ccccc1Cl)c1c[nH]c2ccccc12. The Morgan fingerprint density at radius 1 is 1.16 bits per heavy atom. The molecule has 1 aliphatic heterocycles. The molecule has 1 aromatic heterocycles. The third-order valence-corrected chi connectivity index (χ3v) is 5.13. The molecule has 1 fully saturated rings. The Bertz CT molecular complexity index is 905. The van der Waals surface area contributed by atoms with Gasteiger partial charge in [-0.2, -0.15) is 0 Å². The Kier molecular flexibility index (Phi) is 4.47. The Balaban J connectivity index is 1.71. The highest BCUT2D eigenvalue weighted by molar-refractivity contribution is 6.31. The number of halogens is 1. The lowest BCUT2D eigenvalue weighted by molar-refractivity contribution is -0.139. The van der Waals surface area contributed by atoms with Crippen LogP contribution in [0.5, 0.6) is 0 Å². The zero-order chi connectivity index (χ0) is 17.2. The van der Waals surface area contributed by atoms with Crippen molar-refractivity contribution in [2.45, 2.75) is 18.4 Å². The molecule has 0 amide bonds. The van der Waals surface area contributed by atoms with Gasteiger partial charge in [-0.15, -0.1) is 0 Å². The van der Waals surface area contributed by atoms with Crippen LogP contribution in [0.3, 0.4) is 0 Å². The number of aromatic amines is 1. The molecule has 1 saturated heterocycles. The lowest BCUT2D eigenvalue weighted by atomic mass is 9.90. The van der Waals surface area contributed by atoms with Crippen molar-refractivity contribution in [2.75, 3.05) is 13.2 Å². The Labute approximate surface area is 151 Å². The maximum Gasteiger partial charge on any atom is 0.323 e. The van der Waals surface area contributed by atoms with Gasteiger partial charge in [0.1, 0.15) is 6.04 Å². The monoisotopic (exact) mass is 354 g/mol. The van der Waals surface area contributed by atoms with Gasteiger partial charge >= 0.3 is 5.97 Å². The minimum Gasteiger partial charge on any atom is -0.464 e. The van der Waals surface area contributed by atoms with Crippen LogP contribution in [0.1, 0.15) is 23.5 Å². The van der Waals surface area contributed by atoms with E-state index in [1.165, 1.54) is 10.9 Å². The summed E-state index contributed by atoms with van der Waals surface area (Å²) in [6, 6.07) is 15.8. The molecule has 2 atom stereocenters. The Morgan fingerprint density at radius 3 is 2.76 bits per heavy atom. The van der Waals surface area contributed by atoms with E-state index in [4.69, 9.17) is 16.3 Å². The highest BCUT2D eigenvalue weighted by Gasteiger charge is 2.28. The lowest BCUT2D eigenvalue weighted by Gasteiger charge is -2.20. The zero-order valence-electron chi connectivity index (χ0n) is 13.7. The number of aromatic nitrogens is 1. The zero-order valence-corrected chi connectivity index (χ0v) is 14.4. The highest BCUT2D eigenvalue weighted by Crippen LogP contribution is 2.34. The van der Waals surface area contributed by atoms with E-state index in [9.17, 15) is 4.79 Å².